The first-order chi connectivity index (χ1) is 19.1. The van der Waals surface area contributed by atoms with E-state index in [1.165, 1.54) is 0 Å². The van der Waals surface area contributed by atoms with Crippen molar-refractivity contribution in [2.24, 2.45) is 0 Å². The van der Waals surface area contributed by atoms with Crippen LogP contribution in [0.25, 0.3) is 0 Å². The summed E-state index contributed by atoms with van der Waals surface area (Å²) in [6.45, 7) is -8.39. The molecule has 0 spiro atoms. The van der Waals surface area contributed by atoms with Gasteiger partial charge in [0.05, 0.1) is 26.9 Å². The summed E-state index contributed by atoms with van der Waals surface area (Å²) in [7, 11) is 0. The number of rotatable bonds is 6. The van der Waals surface area contributed by atoms with Gasteiger partial charge in [-0.25, -0.2) is 0 Å². The minimum absolute atomic E-state index is 0.438. The fourth-order valence-electron chi connectivity index (χ4n) is 2.37. The molecule has 1 fully saturated rings. The van der Waals surface area contributed by atoms with E-state index in [0.29, 0.717) is 0 Å². The van der Waals surface area contributed by atoms with Crippen molar-refractivity contribution in [1.29, 1.82) is 0 Å². The van der Waals surface area contributed by atoms with Crippen molar-refractivity contribution in [2.45, 2.75) is 43.6 Å². The summed E-state index contributed by atoms with van der Waals surface area (Å²) in [5.74, 6) is -1.13. The number of benzene rings is 2. The smallest absolute Gasteiger partial charge is 0.119 e. The van der Waals surface area contributed by atoms with Crippen LogP contribution < -0.4 is 4.74 Å². The number of ether oxygens (including phenoxy) is 2. The molecule has 0 bridgehead atoms. The second-order valence-corrected chi connectivity index (χ2v) is 5.84. The Labute approximate surface area is 190 Å². The number of aliphatic hydroxyl groups is 4. The van der Waals surface area contributed by atoms with E-state index in [9.17, 15) is 20.4 Å². The van der Waals surface area contributed by atoms with Crippen molar-refractivity contribution in [3.8, 4) is 5.75 Å². The van der Waals surface area contributed by atoms with Crippen molar-refractivity contribution in [3.05, 3.63) is 64.1 Å². The molecule has 0 aromatic heterocycles. The quantitative estimate of drug-likeness (QED) is 0.566. The van der Waals surface area contributed by atoms with Crippen LogP contribution in [-0.2, 0) is 11.1 Å². The first-order valence-electron chi connectivity index (χ1n) is 15.2. The Balaban J connectivity index is 2.23. The van der Waals surface area contributed by atoms with Crippen molar-refractivity contribution in [1.82, 2.24) is 0 Å². The van der Waals surface area contributed by atoms with Gasteiger partial charge in [0, 0.05) is 11.9 Å². The maximum atomic E-state index is 10.7. The third kappa shape index (κ3) is 4.49. The van der Waals surface area contributed by atoms with Crippen LogP contribution in [0.15, 0.2) is 42.4 Å². The van der Waals surface area contributed by atoms with Gasteiger partial charge < -0.3 is 29.9 Å². The molecule has 4 N–H and O–H groups in total. The third-order valence-electron chi connectivity index (χ3n) is 3.69. The molecular weight excluding hydrogens is 384 g/mol. The summed E-state index contributed by atoms with van der Waals surface area (Å²) in [6.07, 6.45) is -20.0. The Morgan fingerprint density at radius 1 is 1.21 bits per heavy atom. The predicted molar refractivity (Wildman–Crippen MR) is 105 cm³/mol. The van der Waals surface area contributed by atoms with Gasteiger partial charge in [-0.05, 0) is 48.1 Å². The van der Waals surface area contributed by atoms with Crippen molar-refractivity contribution >= 4 is 11.6 Å². The Hall–Kier alpha value is -1.67. The van der Waals surface area contributed by atoms with Crippen LogP contribution in [0.1, 0.15) is 50.2 Å². The lowest BCUT2D eigenvalue weighted by Gasteiger charge is -2.40. The molecule has 7 heteroatoms. The van der Waals surface area contributed by atoms with Crippen LogP contribution >= 0.6 is 11.6 Å². The molecule has 0 unspecified atom stereocenters. The second kappa shape index (κ2) is 9.22. The number of halogens is 1. The Morgan fingerprint density at radius 3 is 2.64 bits per heavy atom. The number of hydrogen-bond acceptors (Lipinski definition) is 6. The molecular formula is C21H25ClO6. The molecule has 2 aromatic rings. The van der Waals surface area contributed by atoms with Crippen molar-refractivity contribution in [3.63, 3.8) is 0 Å². The van der Waals surface area contributed by atoms with E-state index in [4.69, 9.17) is 41.6 Å². The predicted octanol–water partition coefficient (Wildman–Crippen LogP) is 1.84. The molecule has 152 valence electrons. The SMILES string of the molecule is [2H]c1c([2H])c(C([2H])([2H])c2cc([C@@H]3O[C@]([2H])(CO)[C@@]([2H])(O)[C@]([2H])(O)[C@@]3([2H])O)ccc2Cl)c([2H])c([2H])c1OC([2H])([2H])C([2H])([2H])[2H]. The zero-order valence-corrected chi connectivity index (χ0v) is 14.8. The van der Waals surface area contributed by atoms with Crippen LogP contribution in [-0.4, -0.2) is 57.9 Å². The van der Waals surface area contributed by atoms with Gasteiger partial charge >= 0.3 is 0 Å². The molecule has 0 saturated carbocycles. The molecule has 0 radical (unpaired) electrons. The fourth-order valence-corrected chi connectivity index (χ4v) is 2.54. The van der Waals surface area contributed by atoms with E-state index in [0.717, 1.165) is 18.2 Å². The normalized spacial score (nSPS) is 47.3. The largest absolute Gasteiger partial charge is 0.494 e. The zero-order valence-electron chi connectivity index (χ0n) is 29.0. The highest BCUT2D eigenvalue weighted by Gasteiger charge is 2.43. The van der Waals surface area contributed by atoms with Crippen molar-refractivity contribution < 1.29 is 50.5 Å². The highest BCUT2D eigenvalue weighted by Crippen LogP contribution is 2.34. The molecule has 6 nitrogen and oxygen atoms in total. The summed E-state index contributed by atoms with van der Waals surface area (Å²) in [6, 6.07) is -1.84. The summed E-state index contributed by atoms with van der Waals surface area (Å²) in [4.78, 5) is 0. The van der Waals surface area contributed by atoms with Crippen LogP contribution in [0.3, 0.4) is 0 Å². The minimum atomic E-state index is -3.91. The van der Waals surface area contributed by atoms with Gasteiger partial charge in [0.15, 0.2) is 0 Å². The van der Waals surface area contributed by atoms with Gasteiger partial charge in [-0.2, -0.15) is 0 Å². The standard InChI is InChI=1S/C21H25ClO6/c1-2-27-15-6-3-12(4-7-15)9-14-10-13(5-8-16(14)22)21-20(26)19(25)18(24)17(11-23)28-21/h3-8,10,17-21,23-26H,2,9,11H2,1H3/t17-,18-,19+,20-,21+/m1/s1/i1D3,2D2,3D,4D,6D,7D,9D2,17D,18D,19D,20D. The van der Waals surface area contributed by atoms with E-state index in [1.54, 1.807) is 0 Å². The molecule has 1 aliphatic heterocycles. The summed E-state index contributed by atoms with van der Waals surface area (Å²) >= 11 is 6.20. The highest BCUT2D eigenvalue weighted by atomic mass is 35.5. The van der Waals surface area contributed by atoms with Gasteiger partial charge in [-0.15, -0.1) is 0 Å². The maximum absolute atomic E-state index is 10.7. The fraction of sp³-hybridized carbons (Fsp3) is 0.429. The van der Waals surface area contributed by atoms with E-state index in [-0.39, 0.29) is 0 Å². The topological polar surface area (TPSA) is 99.4 Å². The molecule has 0 aliphatic carbocycles. The number of aliphatic hydroxyl groups excluding tert-OH is 1. The van der Waals surface area contributed by atoms with Crippen LogP contribution in [0.5, 0.6) is 5.75 Å². The Bertz CT molecular complexity index is 1400. The van der Waals surface area contributed by atoms with Crippen LogP contribution in [0.4, 0.5) is 0 Å². The molecule has 1 heterocycles. The van der Waals surface area contributed by atoms with Gasteiger partial charge in [0.25, 0.3) is 0 Å². The highest BCUT2D eigenvalue weighted by molar-refractivity contribution is 6.31. The first kappa shape index (κ1) is 9.00. The molecule has 1 aliphatic rings. The van der Waals surface area contributed by atoms with E-state index in [1.807, 2.05) is 0 Å². The lowest BCUT2D eigenvalue weighted by molar-refractivity contribution is -0.231. The zero-order chi connectivity index (χ0) is 33.5. The maximum Gasteiger partial charge on any atom is 0.119 e. The molecule has 3 rings (SSSR count). The van der Waals surface area contributed by atoms with Crippen LogP contribution in [0, 0.1) is 0 Å². The Morgan fingerprint density at radius 2 is 1.96 bits per heavy atom. The molecule has 28 heavy (non-hydrogen) atoms. The summed E-state index contributed by atoms with van der Waals surface area (Å²) in [5, 5.41) is 40.7. The van der Waals surface area contributed by atoms with Crippen LogP contribution in [0.2, 0.25) is 5.02 Å². The third-order valence-corrected chi connectivity index (χ3v) is 4.02. The first-order valence-corrected chi connectivity index (χ1v) is 8.07. The van der Waals surface area contributed by atoms with Gasteiger partial charge in [0.2, 0.25) is 0 Å². The van der Waals surface area contributed by atoms with Gasteiger partial charge in [-0.1, -0.05) is 35.8 Å². The summed E-state index contributed by atoms with van der Waals surface area (Å²) in [5.41, 5.74) is -2.16. The van der Waals surface area contributed by atoms with E-state index < -0.39 is 108 Å². The summed E-state index contributed by atoms with van der Waals surface area (Å²) < 4.78 is 129. The average Bonchev–Trinajstić information content (AvgIpc) is 2.87. The van der Waals surface area contributed by atoms with E-state index in [2.05, 4.69) is 0 Å². The average molecular weight is 424 g/mol. The lowest BCUT2D eigenvalue weighted by atomic mass is 9.90. The molecule has 1 saturated heterocycles. The number of hydrogen-bond donors (Lipinski definition) is 4. The molecule has 2 aromatic carbocycles. The minimum Gasteiger partial charge on any atom is -0.494 e. The molecule has 0 amide bonds. The van der Waals surface area contributed by atoms with Crippen molar-refractivity contribution in [2.75, 3.05) is 13.2 Å². The molecule has 5 atom stereocenters. The second-order valence-electron chi connectivity index (χ2n) is 5.43. The lowest BCUT2D eigenvalue weighted by Crippen LogP contribution is -2.55. The Kier molecular flexibility index (Phi) is 2.96. The van der Waals surface area contributed by atoms with E-state index >= 15 is 0 Å². The van der Waals surface area contributed by atoms with Gasteiger partial charge in [0.1, 0.15) is 36.2 Å². The van der Waals surface area contributed by atoms with Gasteiger partial charge in [-0.3, -0.25) is 0 Å². The monoisotopic (exact) mass is 423 g/mol.